The van der Waals surface area contributed by atoms with Gasteiger partial charge in [-0.3, -0.25) is 14.5 Å². The zero-order valence-corrected chi connectivity index (χ0v) is 20.0. The fourth-order valence-electron chi connectivity index (χ4n) is 5.17. The molecule has 1 heterocycles. The van der Waals surface area contributed by atoms with E-state index in [0.29, 0.717) is 18.4 Å². The van der Waals surface area contributed by atoms with Crippen LogP contribution in [0.15, 0.2) is 84.1 Å². The molecule has 0 saturated heterocycles. The molecule has 0 bridgehead atoms. The van der Waals surface area contributed by atoms with Crippen LogP contribution in [-0.4, -0.2) is 11.7 Å². The van der Waals surface area contributed by atoms with Crippen LogP contribution in [0.1, 0.15) is 60.4 Å². The van der Waals surface area contributed by atoms with Crippen molar-refractivity contribution in [1.29, 1.82) is 0 Å². The zero-order chi connectivity index (χ0) is 23.8. The van der Waals surface area contributed by atoms with Crippen molar-refractivity contribution in [1.82, 2.24) is 0 Å². The molecule has 2 atom stereocenters. The molecule has 0 saturated carbocycles. The third kappa shape index (κ3) is 3.94. The van der Waals surface area contributed by atoms with Gasteiger partial charge in [0.15, 0.2) is 5.78 Å². The Morgan fingerprint density at radius 3 is 2.15 bits per heavy atom. The second-order valence-electron chi connectivity index (χ2n) is 9.40. The molecule has 3 aromatic rings. The molecular formula is C30H30N2O2. The van der Waals surface area contributed by atoms with Crippen molar-refractivity contribution in [2.45, 2.75) is 52.0 Å². The summed E-state index contributed by atoms with van der Waals surface area (Å²) in [7, 11) is 0. The van der Waals surface area contributed by atoms with Gasteiger partial charge in [-0.15, -0.1) is 0 Å². The number of anilines is 2. The number of hydrogen-bond acceptors (Lipinski definition) is 3. The molecular weight excluding hydrogens is 420 g/mol. The summed E-state index contributed by atoms with van der Waals surface area (Å²) in [6, 6.07) is 24.1. The van der Waals surface area contributed by atoms with Gasteiger partial charge in [-0.1, -0.05) is 78.7 Å². The van der Waals surface area contributed by atoms with Crippen LogP contribution >= 0.6 is 0 Å². The number of amides is 1. The molecule has 0 spiro atoms. The standard InChI is InChI=1S/C30H30N2O2/c1-4-28(34)32-26-8-6-5-7-24(26)31-25-17-23(21-13-9-19(2)10-14-21)18-27(33)29(25)30(32)22-15-11-20(3)12-16-22/h5-16,23,30-31H,4,17-18H2,1-3H3/t23-,30+/m1/s1. The lowest BCUT2D eigenvalue weighted by Gasteiger charge is -2.35. The molecule has 0 aromatic heterocycles. The molecule has 0 radical (unpaired) electrons. The number of carbonyl (C=O) groups excluding carboxylic acids is 2. The van der Waals surface area contributed by atoms with Gasteiger partial charge in [-0.05, 0) is 49.4 Å². The summed E-state index contributed by atoms with van der Waals surface area (Å²) >= 11 is 0. The van der Waals surface area contributed by atoms with E-state index >= 15 is 0 Å². The molecule has 34 heavy (non-hydrogen) atoms. The highest BCUT2D eigenvalue weighted by atomic mass is 16.2. The van der Waals surface area contributed by atoms with E-state index in [-0.39, 0.29) is 17.6 Å². The van der Waals surface area contributed by atoms with Crippen LogP contribution in [0.5, 0.6) is 0 Å². The smallest absolute Gasteiger partial charge is 0.227 e. The first kappa shape index (κ1) is 22.1. The Labute approximate surface area is 201 Å². The predicted molar refractivity (Wildman–Crippen MR) is 137 cm³/mol. The van der Waals surface area contributed by atoms with Gasteiger partial charge in [0.1, 0.15) is 0 Å². The third-order valence-electron chi connectivity index (χ3n) is 7.00. The second kappa shape index (κ2) is 8.94. The normalized spacial score (nSPS) is 19.7. The van der Waals surface area contributed by atoms with E-state index in [1.165, 1.54) is 11.1 Å². The van der Waals surface area contributed by atoms with E-state index in [9.17, 15) is 9.59 Å². The minimum Gasteiger partial charge on any atom is -0.357 e. The van der Waals surface area contributed by atoms with E-state index < -0.39 is 6.04 Å². The molecule has 1 amide bonds. The lowest BCUT2D eigenvalue weighted by Crippen LogP contribution is -2.38. The topological polar surface area (TPSA) is 49.4 Å². The highest BCUT2D eigenvalue weighted by Crippen LogP contribution is 2.47. The molecule has 0 fully saturated rings. The predicted octanol–water partition coefficient (Wildman–Crippen LogP) is 6.61. The molecule has 1 aliphatic heterocycles. The first-order valence-electron chi connectivity index (χ1n) is 12.0. The molecule has 1 N–H and O–H groups in total. The number of para-hydroxylation sites is 2. The number of hydrogen-bond donors (Lipinski definition) is 1. The van der Waals surface area contributed by atoms with Crippen LogP contribution in [0, 0.1) is 13.8 Å². The molecule has 0 unspecified atom stereocenters. The van der Waals surface area contributed by atoms with Crippen molar-refractivity contribution in [2.75, 3.05) is 10.2 Å². The van der Waals surface area contributed by atoms with Crippen LogP contribution in [-0.2, 0) is 9.59 Å². The van der Waals surface area contributed by atoms with Crippen LogP contribution in [0.4, 0.5) is 11.4 Å². The maximum absolute atomic E-state index is 13.9. The van der Waals surface area contributed by atoms with Crippen LogP contribution in [0.25, 0.3) is 0 Å². The van der Waals surface area contributed by atoms with Crippen LogP contribution in [0.3, 0.4) is 0 Å². The van der Waals surface area contributed by atoms with Crippen molar-refractivity contribution in [2.24, 2.45) is 0 Å². The van der Waals surface area contributed by atoms with Gasteiger partial charge < -0.3 is 5.32 Å². The number of aryl methyl sites for hydroxylation is 2. The Bertz CT molecular complexity index is 1270. The van der Waals surface area contributed by atoms with Crippen LogP contribution < -0.4 is 10.2 Å². The summed E-state index contributed by atoms with van der Waals surface area (Å²) in [5.74, 6) is 0.215. The SMILES string of the molecule is CCC(=O)N1c2ccccc2NC2=C(C(=O)C[C@H](c3ccc(C)cc3)C2)[C@@H]1c1ccc(C)cc1. The Morgan fingerprint density at radius 2 is 1.50 bits per heavy atom. The van der Waals surface area contributed by atoms with Gasteiger partial charge in [0.2, 0.25) is 5.91 Å². The minimum atomic E-state index is -0.453. The lowest BCUT2D eigenvalue weighted by molar-refractivity contribution is -0.119. The highest BCUT2D eigenvalue weighted by molar-refractivity contribution is 6.06. The maximum atomic E-state index is 13.9. The summed E-state index contributed by atoms with van der Waals surface area (Å²) in [5.41, 5.74) is 7.81. The average molecular weight is 451 g/mol. The van der Waals surface area contributed by atoms with Crippen molar-refractivity contribution in [3.8, 4) is 0 Å². The number of fused-ring (bicyclic) bond motifs is 1. The van der Waals surface area contributed by atoms with Gasteiger partial charge in [-0.25, -0.2) is 0 Å². The number of nitrogens with one attached hydrogen (secondary N) is 1. The Hall–Kier alpha value is -3.66. The van der Waals surface area contributed by atoms with E-state index in [2.05, 4.69) is 48.6 Å². The maximum Gasteiger partial charge on any atom is 0.227 e. The monoisotopic (exact) mass is 450 g/mol. The second-order valence-corrected chi connectivity index (χ2v) is 9.40. The van der Waals surface area contributed by atoms with E-state index in [1.54, 1.807) is 0 Å². The Balaban J connectivity index is 1.69. The third-order valence-corrected chi connectivity index (χ3v) is 7.00. The van der Waals surface area contributed by atoms with Crippen molar-refractivity contribution < 1.29 is 9.59 Å². The first-order valence-corrected chi connectivity index (χ1v) is 12.0. The number of allylic oxidation sites excluding steroid dienone is 1. The first-order chi connectivity index (χ1) is 16.5. The van der Waals surface area contributed by atoms with E-state index in [0.717, 1.165) is 34.6 Å². The van der Waals surface area contributed by atoms with Gasteiger partial charge in [0, 0.05) is 24.1 Å². The number of benzene rings is 3. The molecule has 4 nitrogen and oxygen atoms in total. The summed E-state index contributed by atoms with van der Waals surface area (Å²) < 4.78 is 0. The van der Waals surface area contributed by atoms with Crippen molar-refractivity contribution in [3.05, 3.63) is 106 Å². The van der Waals surface area contributed by atoms with Gasteiger partial charge >= 0.3 is 0 Å². The zero-order valence-electron chi connectivity index (χ0n) is 20.0. The quantitative estimate of drug-likeness (QED) is 0.488. The number of Topliss-reactive ketones (excluding diaryl/α,β-unsaturated/α-hetero) is 1. The largest absolute Gasteiger partial charge is 0.357 e. The number of rotatable bonds is 3. The average Bonchev–Trinajstić information content (AvgIpc) is 2.99. The summed E-state index contributed by atoms with van der Waals surface area (Å²) in [6.45, 7) is 6.00. The van der Waals surface area contributed by atoms with Crippen LogP contribution in [0.2, 0.25) is 0 Å². The summed E-state index contributed by atoms with van der Waals surface area (Å²) in [5, 5.41) is 3.59. The molecule has 4 heteroatoms. The van der Waals surface area contributed by atoms with E-state index in [1.807, 2.05) is 55.1 Å². The highest BCUT2D eigenvalue weighted by Gasteiger charge is 2.41. The molecule has 3 aromatic carbocycles. The van der Waals surface area contributed by atoms with Gasteiger partial charge in [0.25, 0.3) is 0 Å². The Kier molecular flexibility index (Phi) is 5.82. The summed E-state index contributed by atoms with van der Waals surface area (Å²) in [6.07, 6.45) is 1.53. The lowest BCUT2D eigenvalue weighted by atomic mass is 9.78. The summed E-state index contributed by atoms with van der Waals surface area (Å²) in [4.78, 5) is 29.1. The fraction of sp³-hybridized carbons (Fsp3) is 0.267. The number of carbonyl (C=O) groups is 2. The molecule has 172 valence electrons. The minimum absolute atomic E-state index is 0.00188. The molecule has 5 rings (SSSR count). The van der Waals surface area contributed by atoms with E-state index in [4.69, 9.17) is 0 Å². The van der Waals surface area contributed by atoms with Crippen molar-refractivity contribution in [3.63, 3.8) is 0 Å². The fourth-order valence-corrected chi connectivity index (χ4v) is 5.17. The molecule has 2 aliphatic rings. The van der Waals surface area contributed by atoms with Gasteiger partial charge in [-0.2, -0.15) is 0 Å². The number of ketones is 1. The Morgan fingerprint density at radius 1 is 0.882 bits per heavy atom. The van der Waals surface area contributed by atoms with Crippen molar-refractivity contribution >= 4 is 23.1 Å². The molecule has 1 aliphatic carbocycles. The number of nitrogens with zero attached hydrogens (tertiary/aromatic N) is 1. The van der Waals surface area contributed by atoms with Gasteiger partial charge in [0.05, 0.1) is 17.4 Å².